The minimum absolute atomic E-state index is 0.0725. The first-order valence-corrected chi connectivity index (χ1v) is 7.19. The molecule has 2 bridgehead atoms. The molecule has 1 aromatic rings. The lowest BCUT2D eigenvalue weighted by molar-refractivity contribution is -0.154. The molecule has 22 heavy (non-hydrogen) atoms. The Bertz CT molecular complexity index is 674. The van der Waals surface area contributed by atoms with Crippen LogP contribution in [0.3, 0.4) is 0 Å². The molecule has 1 aromatic carbocycles. The average Bonchev–Trinajstić information content (AvgIpc) is 2.82. The molecule has 4 heteroatoms. The van der Waals surface area contributed by atoms with Gasteiger partial charge in [0.05, 0.1) is 14.2 Å². The van der Waals surface area contributed by atoms with Crippen LogP contribution in [0.2, 0.25) is 0 Å². The number of hydrogen-bond donors (Lipinski definition) is 0. The molecule has 3 atom stereocenters. The lowest BCUT2D eigenvalue weighted by Gasteiger charge is -2.27. The van der Waals surface area contributed by atoms with Crippen molar-refractivity contribution >= 4 is 11.8 Å². The van der Waals surface area contributed by atoms with Crippen LogP contribution in [0.4, 0.5) is 0 Å². The van der Waals surface area contributed by atoms with Gasteiger partial charge < -0.3 is 9.47 Å². The fourth-order valence-corrected chi connectivity index (χ4v) is 3.76. The molecule has 0 saturated heterocycles. The first-order valence-electron chi connectivity index (χ1n) is 7.19. The molecule has 0 heterocycles. The topological polar surface area (TPSA) is 52.6 Å². The SMILES string of the molecule is C=C1C(c2ccccc2)[C@@H]2C[C@]1(C(=O)OC)C(=O)C=C2OC. The van der Waals surface area contributed by atoms with Crippen molar-refractivity contribution in [2.45, 2.75) is 12.3 Å². The second-order valence-corrected chi connectivity index (χ2v) is 5.74. The summed E-state index contributed by atoms with van der Waals surface area (Å²) < 4.78 is 10.3. The van der Waals surface area contributed by atoms with Crippen molar-refractivity contribution < 1.29 is 19.1 Å². The summed E-state index contributed by atoms with van der Waals surface area (Å²) in [6.45, 7) is 4.10. The highest BCUT2D eigenvalue weighted by atomic mass is 16.5. The zero-order valence-corrected chi connectivity index (χ0v) is 12.7. The second kappa shape index (κ2) is 5.13. The van der Waals surface area contributed by atoms with Gasteiger partial charge in [0.2, 0.25) is 0 Å². The molecule has 0 aromatic heterocycles. The minimum Gasteiger partial charge on any atom is -0.501 e. The van der Waals surface area contributed by atoms with E-state index < -0.39 is 11.4 Å². The first kappa shape index (κ1) is 14.6. The minimum atomic E-state index is -1.28. The molecule has 114 valence electrons. The number of rotatable bonds is 3. The largest absolute Gasteiger partial charge is 0.501 e. The van der Waals surface area contributed by atoms with Gasteiger partial charge in [0.15, 0.2) is 11.2 Å². The summed E-state index contributed by atoms with van der Waals surface area (Å²) in [6.07, 6.45) is 1.79. The fraction of sp³-hybridized carbons (Fsp3) is 0.333. The molecule has 2 aliphatic carbocycles. The first-order chi connectivity index (χ1) is 10.6. The van der Waals surface area contributed by atoms with Gasteiger partial charge in [0.25, 0.3) is 0 Å². The van der Waals surface area contributed by atoms with Crippen molar-refractivity contribution in [2.24, 2.45) is 11.3 Å². The summed E-state index contributed by atoms with van der Waals surface area (Å²) >= 11 is 0. The van der Waals surface area contributed by atoms with Crippen LogP contribution in [0.25, 0.3) is 0 Å². The maximum atomic E-state index is 12.6. The number of ketones is 1. The fourth-order valence-electron chi connectivity index (χ4n) is 3.76. The highest BCUT2D eigenvalue weighted by Gasteiger charge is 2.62. The van der Waals surface area contributed by atoms with E-state index in [9.17, 15) is 9.59 Å². The number of benzene rings is 1. The standard InChI is InChI=1S/C18H18O4/c1-11-16(12-7-5-4-6-8-12)13-10-18(11,17(20)22-3)15(19)9-14(13)21-2/h4-9,13,16H,1,10H2,2-3H3/t13-,16?,18-/m1/s1. The molecule has 4 nitrogen and oxygen atoms in total. The molecule has 1 saturated carbocycles. The van der Waals surface area contributed by atoms with E-state index in [1.54, 1.807) is 7.11 Å². The van der Waals surface area contributed by atoms with Gasteiger partial charge in [-0.15, -0.1) is 0 Å². The van der Waals surface area contributed by atoms with Crippen molar-refractivity contribution in [3.63, 3.8) is 0 Å². The number of allylic oxidation sites excluding steroid dienone is 2. The second-order valence-electron chi connectivity index (χ2n) is 5.74. The molecule has 0 spiro atoms. The summed E-state index contributed by atoms with van der Waals surface area (Å²) in [5, 5.41) is 0. The van der Waals surface area contributed by atoms with Gasteiger partial charge in [0, 0.05) is 17.9 Å². The Labute approximate surface area is 129 Å². The molecule has 0 aliphatic heterocycles. The van der Waals surface area contributed by atoms with Crippen molar-refractivity contribution in [2.75, 3.05) is 14.2 Å². The van der Waals surface area contributed by atoms with Crippen LogP contribution in [0, 0.1) is 11.3 Å². The van der Waals surface area contributed by atoms with Gasteiger partial charge in [-0.1, -0.05) is 36.9 Å². The van der Waals surface area contributed by atoms with Gasteiger partial charge in [-0.05, 0) is 17.6 Å². The van der Waals surface area contributed by atoms with E-state index in [-0.39, 0.29) is 17.6 Å². The van der Waals surface area contributed by atoms with Gasteiger partial charge in [-0.25, -0.2) is 0 Å². The number of ether oxygens (including phenoxy) is 2. The zero-order valence-electron chi connectivity index (χ0n) is 12.7. The highest BCUT2D eigenvalue weighted by Crippen LogP contribution is 2.59. The lowest BCUT2D eigenvalue weighted by atomic mass is 9.75. The third kappa shape index (κ3) is 1.76. The normalized spacial score (nSPS) is 30.0. The Morgan fingerprint density at radius 3 is 2.55 bits per heavy atom. The monoisotopic (exact) mass is 298 g/mol. The van der Waals surface area contributed by atoms with Crippen LogP contribution < -0.4 is 0 Å². The lowest BCUT2D eigenvalue weighted by Crippen LogP contribution is -2.40. The smallest absolute Gasteiger partial charge is 0.323 e. The molecule has 0 amide bonds. The molecule has 3 rings (SSSR count). The number of carbonyl (C=O) groups is 2. The average molecular weight is 298 g/mol. The van der Waals surface area contributed by atoms with Crippen LogP contribution in [-0.4, -0.2) is 26.0 Å². The Morgan fingerprint density at radius 1 is 1.27 bits per heavy atom. The molecular formula is C18H18O4. The molecule has 1 fully saturated rings. The summed E-state index contributed by atoms with van der Waals surface area (Å²) in [7, 11) is 2.85. The van der Waals surface area contributed by atoms with Crippen molar-refractivity contribution in [1.82, 2.24) is 0 Å². The van der Waals surface area contributed by atoms with E-state index in [1.165, 1.54) is 13.2 Å². The Hall–Kier alpha value is -2.36. The van der Waals surface area contributed by atoms with Gasteiger partial charge in [0.1, 0.15) is 5.76 Å². The van der Waals surface area contributed by atoms with Crippen LogP contribution >= 0.6 is 0 Å². The van der Waals surface area contributed by atoms with Crippen LogP contribution in [0.15, 0.2) is 54.3 Å². The zero-order chi connectivity index (χ0) is 15.9. The van der Waals surface area contributed by atoms with E-state index in [1.807, 2.05) is 30.3 Å². The van der Waals surface area contributed by atoms with Crippen LogP contribution in [0.1, 0.15) is 17.9 Å². The Balaban J connectivity index is 2.16. The number of hydrogen-bond acceptors (Lipinski definition) is 4. The van der Waals surface area contributed by atoms with Gasteiger partial charge >= 0.3 is 5.97 Å². The summed E-state index contributed by atoms with van der Waals surface area (Å²) in [5.74, 6) is -0.417. The third-order valence-corrected chi connectivity index (χ3v) is 4.84. The molecule has 2 aliphatic rings. The number of carbonyl (C=O) groups excluding carboxylic acids is 2. The van der Waals surface area contributed by atoms with E-state index in [0.29, 0.717) is 17.8 Å². The maximum absolute atomic E-state index is 12.6. The van der Waals surface area contributed by atoms with Crippen molar-refractivity contribution in [1.29, 1.82) is 0 Å². The van der Waals surface area contributed by atoms with Crippen LogP contribution in [-0.2, 0) is 19.1 Å². The van der Waals surface area contributed by atoms with Gasteiger partial charge in [-0.2, -0.15) is 0 Å². The molecule has 0 radical (unpaired) electrons. The molecule has 1 unspecified atom stereocenters. The van der Waals surface area contributed by atoms with Gasteiger partial charge in [-0.3, -0.25) is 9.59 Å². The Kier molecular flexibility index (Phi) is 3.39. The quantitative estimate of drug-likeness (QED) is 0.489. The number of fused-ring (bicyclic) bond motifs is 2. The summed E-state index contributed by atoms with van der Waals surface area (Å²) in [5.41, 5.74) is 0.354. The van der Waals surface area contributed by atoms with E-state index in [4.69, 9.17) is 9.47 Å². The molecular weight excluding hydrogens is 280 g/mol. The molecule has 0 N–H and O–H groups in total. The van der Waals surface area contributed by atoms with E-state index >= 15 is 0 Å². The predicted octanol–water partition coefficient (Wildman–Crippen LogP) is 2.62. The van der Waals surface area contributed by atoms with E-state index in [0.717, 1.165) is 5.56 Å². The summed E-state index contributed by atoms with van der Waals surface area (Å²) in [4.78, 5) is 25.0. The number of esters is 1. The number of methoxy groups -OCH3 is 2. The predicted molar refractivity (Wildman–Crippen MR) is 81.0 cm³/mol. The van der Waals surface area contributed by atoms with E-state index in [2.05, 4.69) is 6.58 Å². The Morgan fingerprint density at radius 2 is 1.95 bits per heavy atom. The van der Waals surface area contributed by atoms with Crippen molar-refractivity contribution in [3.8, 4) is 0 Å². The highest BCUT2D eigenvalue weighted by molar-refractivity contribution is 6.14. The third-order valence-electron chi connectivity index (χ3n) is 4.84. The van der Waals surface area contributed by atoms with Crippen molar-refractivity contribution in [3.05, 3.63) is 59.9 Å². The van der Waals surface area contributed by atoms with Crippen LogP contribution in [0.5, 0.6) is 0 Å². The maximum Gasteiger partial charge on any atom is 0.323 e. The summed E-state index contributed by atoms with van der Waals surface area (Å²) in [6, 6.07) is 9.78.